The van der Waals surface area contributed by atoms with Gasteiger partial charge in [0.05, 0.1) is 22.3 Å². The van der Waals surface area contributed by atoms with Crippen LogP contribution in [0.5, 0.6) is 23.0 Å². The zero-order valence-corrected chi connectivity index (χ0v) is 52.7. The van der Waals surface area contributed by atoms with Gasteiger partial charge in [0.2, 0.25) is 23.6 Å². The monoisotopic (exact) mass is 1350 g/mol. The number of aliphatic carboxylic acids is 4. The van der Waals surface area contributed by atoms with E-state index in [1.165, 1.54) is 27.7 Å². The molecule has 38 nitrogen and oxygen atoms in total. The molecule has 0 radical (unpaired) electrons. The third-order valence-electron chi connectivity index (χ3n) is 14.4. The van der Waals surface area contributed by atoms with Crippen LogP contribution >= 0.6 is 0 Å². The van der Waals surface area contributed by atoms with Crippen LogP contribution in [-0.2, 0) is 64.5 Å². The molecule has 0 bridgehead atoms. The van der Waals surface area contributed by atoms with Crippen LogP contribution in [-0.4, -0.2) is 232 Å². The van der Waals surface area contributed by atoms with Crippen molar-refractivity contribution in [2.45, 2.75) is 79.6 Å². The number of carbonyl (C=O) groups is 12. The van der Waals surface area contributed by atoms with E-state index in [9.17, 15) is 97.1 Å². The number of nitrogens with zero attached hydrogens (tertiary/aromatic N) is 6. The molecule has 0 aliphatic rings. The average molecular weight is 1350 g/mol. The summed E-state index contributed by atoms with van der Waals surface area (Å²) in [6.45, 7) is 0.876. The molecule has 38 heteroatoms. The van der Waals surface area contributed by atoms with Crippen LogP contribution in [0.2, 0.25) is 0 Å². The summed E-state index contributed by atoms with van der Waals surface area (Å²) in [6.07, 6.45) is -0.861. The third-order valence-corrected chi connectivity index (χ3v) is 14.4. The van der Waals surface area contributed by atoms with Crippen LogP contribution in [0.25, 0.3) is 0 Å². The Balaban J connectivity index is 1.46. The van der Waals surface area contributed by atoms with Crippen LogP contribution < -0.4 is 64.8 Å². The first-order valence-electron chi connectivity index (χ1n) is 29.5. The van der Waals surface area contributed by atoms with E-state index >= 15 is 0 Å². The summed E-state index contributed by atoms with van der Waals surface area (Å²) < 4.78 is 3.01. The summed E-state index contributed by atoms with van der Waals surface area (Å²) in [5, 5.41) is 98.3. The minimum atomic E-state index is -1.37. The first-order valence-corrected chi connectivity index (χ1v) is 29.5. The van der Waals surface area contributed by atoms with Crippen molar-refractivity contribution in [3.8, 4) is 23.0 Å². The van der Waals surface area contributed by atoms with Crippen LogP contribution in [0.15, 0.2) is 43.4 Å². The van der Waals surface area contributed by atoms with Crippen molar-refractivity contribution in [1.82, 2.24) is 70.6 Å². The Morgan fingerprint density at radius 2 is 0.490 bits per heavy atom. The normalized spacial score (nSPS) is 10.9. The van der Waals surface area contributed by atoms with E-state index in [4.69, 9.17) is 20.4 Å². The van der Waals surface area contributed by atoms with Crippen LogP contribution in [0.1, 0.15) is 89.9 Å². The molecule has 0 unspecified atom stereocenters. The fraction of sp³-hybridized carbons (Fsp3) is 0.448. The number of pyridine rings is 4. The second-order valence-corrected chi connectivity index (χ2v) is 21.4. The van der Waals surface area contributed by atoms with Gasteiger partial charge in [-0.15, -0.1) is 0 Å². The molecular formula is C58H76N14O24. The number of rotatable bonds is 39. The molecule has 0 saturated heterocycles. The summed E-state index contributed by atoms with van der Waals surface area (Å²) in [6, 6.07) is 4.46. The Hall–Kier alpha value is -11.4. The van der Waals surface area contributed by atoms with Gasteiger partial charge in [-0.05, 0) is 52.0 Å². The molecule has 0 fully saturated rings. The van der Waals surface area contributed by atoms with Gasteiger partial charge in [0.15, 0.2) is 23.0 Å². The third kappa shape index (κ3) is 23.3. The highest BCUT2D eigenvalue weighted by Gasteiger charge is 2.25. The molecule has 0 spiro atoms. The number of carboxylic acid groups (broad SMARTS) is 4. The molecule has 0 aliphatic carbocycles. The summed E-state index contributed by atoms with van der Waals surface area (Å²) >= 11 is 0. The lowest BCUT2D eigenvalue weighted by Gasteiger charge is -2.27. The van der Waals surface area contributed by atoms with E-state index in [1.54, 1.807) is 9.80 Å². The Morgan fingerprint density at radius 3 is 0.667 bits per heavy atom. The van der Waals surface area contributed by atoms with Gasteiger partial charge < -0.3 is 93.2 Å². The largest absolute Gasteiger partial charge is 0.502 e. The van der Waals surface area contributed by atoms with Gasteiger partial charge in [-0.25, -0.2) is 0 Å². The number of aryl methyl sites for hydroxylation is 4. The maximum Gasteiger partial charge on any atom is 0.323 e. The van der Waals surface area contributed by atoms with E-state index in [2.05, 4.69) is 42.5 Å². The van der Waals surface area contributed by atoms with Gasteiger partial charge in [-0.3, -0.25) is 95.0 Å². The van der Waals surface area contributed by atoms with E-state index in [-0.39, 0.29) is 140 Å². The summed E-state index contributed by atoms with van der Waals surface area (Å²) in [5.41, 5.74) is -5.97. The molecule has 0 aliphatic heterocycles. The molecular weight excluding hydrogens is 1280 g/mol. The molecule has 4 aromatic heterocycles. The molecule has 0 atom stereocenters. The molecule has 8 amide bonds. The summed E-state index contributed by atoms with van der Waals surface area (Å²) in [7, 11) is 0. The quantitative estimate of drug-likeness (QED) is 0.0185. The maximum atomic E-state index is 13.2. The van der Waals surface area contributed by atoms with Gasteiger partial charge in [0.25, 0.3) is 45.9 Å². The smallest absolute Gasteiger partial charge is 0.323 e. The minimum Gasteiger partial charge on any atom is -0.502 e. The number of carbonyl (C=O) groups excluding carboxylic acids is 8. The van der Waals surface area contributed by atoms with E-state index in [0.29, 0.717) is 0 Å². The highest BCUT2D eigenvalue weighted by molar-refractivity contribution is 5.99. The number of hydrogen-bond donors (Lipinski definition) is 16. The Bertz CT molecular complexity index is 3400. The standard InChI is InChI=1S/C58H76N14O24/c1-31-23-35(47(85)55(93)69(31)27-43(77)78)51(89)63-13-9-59-39(73)5-17-67(18-6-40(74)60-10-14-64-52(90)36-24-32(2)70(28-44(79)80)56(94)48(36)86)21-22-68(19-7-41(75)61-11-15-65-53(91)37-25-33(3)71(29-45(81)82)57(95)49(37)87)20-8-42(76)62-12-16-66-54(92)38-26-34(4)72(30-46(83)84)58(96)50(38)88/h23-26,85-88H,5-22,27-30H2,1-4H3,(H,59,73)(H,60,74)(H,61,75)(H,62,76)(H,63,89)(H,64,90)(H,65,91)(H,66,92)(H,77,78)(H,79,80)(H,81,82)(H,83,84). The van der Waals surface area contributed by atoms with Crippen molar-refractivity contribution in [3.05, 3.63) is 111 Å². The zero-order chi connectivity index (χ0) is 71.7. The average Bonchev–Trinajstić information content (AvgIpc) is 0.833. The SMILES string of the molecule is Cc1cc(C(=O)NCCNC(=O)CCN(CCC(=O)NCCNC(=O)c2cc(C)n(CC(=O)O)c(=O)c2O)CCN(CCC(=O)NCCNC(=O)c2cc(C)n(CC(=O)O)c(=O)c2O)CCC(=O)NCCNC(=O)c2cc(C)n(CC(=O)O)c(=O)c2O)c(O)c(=O)n1CC(=O)O. The number of hydrogen-bond acceptors (Lipinski definition) is 22. The zero-order valence-electron chi connectivity index (χ0n) is 52.7. The number of aromatic nitrogens is 4. The predicted octanol–water partition coefficient (Wildman–Crippen LogP) is -5.62. The van der Waals surface area contributed by atoms with Crippen molar-refractivity contribution in [1.29, 1.82) is 0 Å². The Kier molecular flexibility index (Phi) is 29.4. The van der Waals surface area contributed by atoms with Crippen molar-refractivity contribution < 1.29 is 98.4 Å². The van der Waals surface area contributed by atoms with Gasteiger partial charge in [0, 0.05) is 140 Å². The number of aromatic hydroxyl groups is 4. The Labute approximate surface area is 543 Å². The first kappa shape index (κ1) is 77.0. The molecule has 0 aromatic carbocycles. The Morgan fingerprint density at radius 1 is 0.312 bits per heavy atom. The number of amides is 8. The highest BCUT2D eigenvalue weighted by atomic mass is 16.4. The fourth-order valence-electron chi connectivity index (χ4n) is 9.29. The molecule has 0 saturated carbocycles. The summed E-state index contributed by atoms with van der Waals surface area (Å²) in [4.78, 5) is 203. The molecule has 4 rings (SSSR count). The molecule has 96 heavy (non-hydrogen) atoms. The van der Waals surface area contributed by atoms with Crippen molar-refractivity contribution >= 4 is 71.1 Å². The summed E-state index contributed by atoms with van der Waals surface area (Å²) in [5.74, 6) is -15.3. The number of carboxylic acids is 4. The molecule has 522 valence electrons. The lowest BCUT2D eigenvalue weighted by atomic mass is 10.2. The van der Waals surface area contributed by atoms with Gasteiger partial charge in [-0.2, -0.15) is 0 Å². The van der Waals surface area contributed by atoms with E-state index < -0.39 is 165 Å². The van der Waals surface area contributed by atoms with Crippen molar-refractivity contribution in [2.75, 3.05) is 91.6 Å². The molecule has 16 N–H and O–H groups in total. The molecule has 4 heterocycles. The van der Waals surface area contributed by atoms with Crippen LogP contribution in [0.3, 0.4) is 0 Å². The predicted molar refractivity (Wildman–Crippen MR) is 332 cm³/mol. The minimum absolute atomic E-state index is 0.0285. The van der Waals surface area contributed by atoms with E-state index in [1.807, 2.05) is 0 Å². The topological polar surface area (TPSA) is 557 Å². The highest BCUT2D eigenvalue weighted by Crippen LogP contribution is 2.17. The van der Waals surface area contributed by atoms with Crippen molar-refractivity contribution in [3.63, 3.8) is 0 Å². The lowest BCUT2D eigenvalue weighted by Crippen LogP contribution is -2.42. The van der Waals surface area contributed by atoms with Gasteiger partial charge >= 0.3 is 23.9 Å². The van der Waals surface area contributed by atoms with Crippen LogP contribution in [0.4, 0.5) is 0 Å². The van der Waals surface area contributed by atoms with Gasteiger partial charge in [0.1, 0.15) is 26.2 Å². The second-order valence-electron chi connectivity index (χ2n) is 21.4. The number of nitrogens with one attached hydrogen (secondary N) is 8. The lowest BCUT2D eigenvalue weighted by molar-refractivity contribution is -0.138. The fourth-order valence-corrected chi connectivity index (χ4v) is 9.29. The van der Waals surface area contributed by atoms with E-state index in [0.717, 1.165) is 42.5 Å². The first-order chi connectivity index (χ1) is 45.2. The molecule has 4 aromatic rings. The van der Waals surface area contributed by atoms with Crippen molar-refractivity contribution in [2.24, 2.45) is 0 Å². The van der Waals surface area contributed by atoms with Crippen LogP contribution in [0, 0.1) is 27.7 Å². The second kappa shape index (κ2) is 36.7. The van der Waals surface area contributed by atoms with Gasteiger partial charge in [-0.1, -0.05) is 0 Å². The maximum absolute atomic E-state index is 13.2.